The van der Waals surface area contributed by atoms with E-state index in [0.29, 0.717) is 22.7 Å². The number of benzene rings is 2. The molecule has 26 heavy (non-hydrogen) atoms. The summed E-state index contributed by atoms with van der Waals surface area (Å²) in [6.45, 7) is 5.64. The molecule has 0 aromatic heterocycles. The van der Waals surface area contributed by atoms with Crippen LogP contribution in [0.1, 0.15) is 18.6 Å². The van der Waals surface area contributed by atoms with Crippen molar-refractivity contribution in [1.82, 2.24) is 0 Å². The van der Waals surface area contributed by atoms with Gasteiger partial charge in [0.15, 0.2) is 11.5 Å². The Hall–Kier alpha value is -3.15. The molecule has 2 N–H and O–H groups in total. The zero-order chi connectivity index (χ0) is 19.1. The molecule has 0 saturated heterocycles. The summed E-state index contributed by atoms with van der Waals surface area (Å²) in [5, 5.41) is 12.7. The molecule has 0 unspecified atom stereocenters. The van der Waals surface area contributed by atoms with E-state index in [2.05, 4.69) is 11.9 Å². The van der Waals surface area contributed by atoms with Crippen LogP contribution < -0.4 is 14.8 Å². The third-order valence-electron chi connectivity index (χ3n) is 3.95. The Morgan fingerprint density at radius 3 is 2.38 bits per heavy atom. The lowest BCUT2D eigenvalue weighted by Gasteiger charge is -2.23. The van der Waals surface area contributed by atoms with Crippen molar-refractivity contribution in [1.29, 1.82) is 0 Å². The van der Waals surface area contributed by atoms with Gasteiger partial charge in [-0.1, -0.05) is 19.1 Å². The topological polar surface area (TPSA) is 77.0 Å². The van der Waals surface area contributed by atoms with Crippen molar-refractivity contribution in [3.8, 4) is 17.2 Å². The number of phenols is 1. The van der Waals surface area contributed by atoms with Gasteiger partial charge in [0.05, 0.1) is 14.2 Å². The van der Waals surface area contributed by atoms with Crippen molar-refractivity contribution in [3.63, 3.8) is 0 Å². The second-order valence-corrected chi connectivity index (χ2v) is 5.71. The first kappa shape index (κ1) is 19.2. The molecule has 0 fully saturated rings. The van der Waals surface area contributed by atoms with E-state index in [1.165, 1.54) is 13.2 Å². The van der Waals surface area contributed by atoms with Crippen LogP contribution in [0.25, 0.3) is 0 Å². The van der Waals surface area contributed by atoms with Gasteiger partial charge in [0, 0.05) is 11.6 Å². The number of phenolic OH excluding ortho intramolecular Hbond substituents is 1. The summed E-state index contributed by atoms with van der Waals surface area (Å²) >= 11 is 0. The fraction of sp³-hybridized carbons (Fsp3) is 0.250. The molecule has 0 aliphatic heterocycles. The van der Waals surface area contributed by atoms with E-state index in [-0.39, 0.29) is 11.7 Å². The van der Waals surface area contributed by atoms with Gasteiger partial charge in [-0.2, -0.15) is 0 Å². The second-order valence-electron chi connectivity index (χ2n) is 5.71. The molecule has 1 amide bonds. The number of aromatic hydroxyl groups is 1. The van der Waals surface area contributed by atoms with Gasteiger partial charge < -0.3 is 19.3 Å². The van der Waals surface area contributed by atoms with Crippen LogP contribution in [0.2, 0.25) is 0 Å². The summed E-state index contributed by atoms with van der Waals surface area (Å²) in [5.41, 5.74) is 1.22. The molecule has 0 radical (unpaired) electrons. The molecular weight excluding hydrogens is 334 g/mol. The average molecular weight is 357 g/mol. The number of hydrogen-bond acceptors (Lipinski definition) is 5. The zero-order valence-corrected chi connectivity index (χ0v) is 15.1. The number of anilines is 1. The van der Waals surface area contributed by atoms with Gasteiger partial charge in [0.25, 0.3) is 0 Å². The minimum Gasteiger partial charge on any atom is -0.504 e. The molecule has 0 spiro atoms. The number of methoxy groups -OCH3 is 2. The number of nitrogens with one attached hydrogen (secondary N) is 1. The maximum atomic E-state index is 12.3. The molecular formula is C20H23NO5. The summed E-state index contributed by atoms with van der Waals surface area (Å²) in [7, 11) is 3.04. The van der Waals surface area contributed by atoms with Crippen molar-refractivity contribution in [2.75, 3.05) is 19.5 Å². The first-order valence-electron chi connectivity index (χ1n) is 8.09. The van der Waals surface area contributed by atoms with Crippen LogP contribution in [-0.2, 0) is 4.74 Å². The maximum Gasteiger partial charge on any atom is 0.412 e. The lowest BCUT2D eigenvalue weighted by molar-refractivity contribution is 0.0895. The Labute approximate surface area is 153 Å². The summed E-state index contributed by atoms with van der Waals surface area (Å²) in [6, 6.07) is 11.8. The summed E-state index contributed by atoms with van der Waals surface area (Å²) in [6.07, 6.45) is 0.471. The molecule has 2 atom stereocenters. The Morgan fingerprint density at radius 1 is 1.15 bits per heavy atom. The fourth-order valence-electron chi connectivity index (χ4n) is 2.42. The molecule has 0 aliphatic rings. The number of carbonyl (C=O) groups is 1. The molecule has 6 heteroatoms. The average Bonchev–Trinajstić information content (AvgIpc) is 2.66. The summed E-state index contributed by atoms with van der Waals surface area (Å²) < 4.78 is 15.7. The number of amides is 1. The van der Waals surface area contributed by atoms with Crippen LogP contribution in [0.15, 0.2) is 55.1 Å². The molecule has 6 nitrogen and oxygen atoms in total. The van der Waals surface area contributed by atoms with Crippen molar-refractivity contribution in [3.05, 3.63) is 60.7 Å². The van der Waals surface area contributed by atoms with E-state index in [0.717, 1.165) is 0 Å². The highest BCUT2D eigenvalue weighted by Gasteiger charge is 2.23. The van der Waals surface area contributed by atoms with Gasteiger partial charge in [0.2, 0.25) is 0 Å². The van der Waals surface area contributed by atoms with Crippen molar-refractivity contribution >= 4 is 11.8 Å². The van der Waals surface area contributed by atoms with Gasteiger partial charge in [0.1, 0.15) is 11.9 Å². The molecule has 0 bridgehead atoms. The lowest BCUT2D eigenvalue weighted by atomic mass is 9.97. The highest BCUT2D eigenvalue weighted by Crippen LogP contribution is 2.34. The van der Waals surface area contributed by atoms with Crippen molar-refractivity contribution in [2.24, 2.45) is 5.92 Å². The number of rotatable bonds is 7. The molecule has 2 rings (SSSR count). The Bertz CT molecular complexity index is 757. The van der Waals surface area contributed by atoms with Gasteiger partial charge in [-0.05, 0) is 42.0 Å². The Morgan fingerprint density at radius 2 is 1.85 bits per heavy atom. The minimum absolute atomic E-state index is 0.0228. The van der Waals surface area contributed by atoms with E-state index >= 15 is 0 Å². The number of hydrogen-bond donors (Lipinski definition) is 2. The number of carbonyl (C=O) groups excluding carboxylic acids is 1. The molecule has 2 aromatic carbocycles. The van der Waals surface area contributed by atoms with E-state index in [1.54, 1.807) is 49.6 Å². The predicted octanol–water partition coefficient (Wildman–Crippen LogP) is 4.52. The molecule has 0 saturated carbocycles. The van der Waals surface area contributed by atoms with Crippen LogP contribution in [-0.4, -0.2) is 25.4 Å². The minimum atomic E-state index is -0.609. The van der Waals surface area contributed by atoms with Gasteiger partial charge in [-0.3, -0.25) is 5.32 Å². The normalized spacial score (nSPS) is 12.6. The van der Waals surface area contributed by atoms with E-state index in [9.17, 15) is 9.90 Å². The standard InChI is InChI=1S/C20H23NO5/c1-5-13(2)19(14-6-11-18(25-4)17(22)12-14)26-20(23)21-15-7-9-16(24-3)10-8-15/h5-13,19,22H,1H2,2-4H3,(H,21,23)/t13-,19-/m1/s1. The molecule has 2 aromatic rings. The number of ether oxygens (including phenoxy) is 3. The summed E-state index contributed by atoms with van der Waals surface area (Å²) in [4.78, 5) is 12.3. The largest absolute Gasteiger partial charge is 0.504 e. The first-order valence-corrected chi connectivity index (χ1v) is 8.09. The maximum absolute atomic E-state index is 12.3. The predicted molar refractivity (Wildman–Crippen MR) is 99.9 cm³/mol. The van der Waals surface area contributed by atoms with Crippen LogP contribution in [0.4, 0.5) is 10.5 Å². The fourth-order valence-corrected chi connectivity index (χ4v) is 2.42. The van der Waals surface area contributed by atoms with Crippen LogP contribution >= 0.6 is 0 Å². The van der Waals surface area contributed by atoms with Crippen molar-refractivity contribution in [2.45, 2.75) is 13.0 Å². The van der Waals surface area contributed by atoms with Gasteiger partial charge >= 0.3 is 6.09 Å². The third kappa shape index (κ3) is 4.69. The smallest absolute Gasteiger partial charge is 0.412 e. The second kappa shape index (κ2) is 8.80. The molecule has 138 valence electrons. The van der Waals surface area contributed by atoms with Gasteiger partial charge in [-0.15, -0.1) is 6.58 Å². The van der Waals surface area contributed by atoms with Crippen LogP contribution in [0.5, 0.6) is 17.2 Å². The SMILES string of the molecule is C=C[C@@H](C)[C@@H](OC(=O)Nc1ccc(OC)cc1)c1ccc(OC)c(O)c1. The lowest BCUT2D eigenvalue weighted by Crippen LogP contribution is -2.21. The van der Waals surface area contributed by atoms with Crippen LogP contribution in [0.3, 0.4) is 0 Å². The highest BCUT2D eigenvalue weighted by atomic mass is 16.6. The third-order valence-corrected chi connectivity index (χ3v) is 3.95. The Kier molecular flexibility index (Phi) is 6.49. The molecule has 0 heterocycles. The highest BCUT2D eigenvalue weighted by molar-refractivity contribution is 5.84. The summed E-state index contributed by atoms with van der Waals surface area (Å²) in [5.74, 6) is 0.854. The Balaban J connectivity index is 2.15. The van der Waals surface area contributed by atoms with Crippen molar-refractivity contribution < 1.29 is 24.1 Å². The zero-order valence-electron chi connectivity index (χ0n) is 15.1. The van der Waals surface area contributed by atoms with Gasteiger partial charge in [-0.25, -0.2) is 4.79 Å². The quantitative estimate of drug-likeness (QED) is 0.712. The monoisotopic (exact) mass is 357 g/mol. The van der Waals surface area contributed by atoms with E-state index in [4.69, 9.17) is 14.2 Å². The first-order chi connectivity index (χ1) is 12.5. The molecule has 0 aliphatic carbocycles. The van der Waals surface area contributed by atoms with E-state index < -0.39 is 12.2 Å². The van der Waals surface area contributed by atoms with Crippen LogP contribution in [0, 0.1) is 5.92 Å². The van der Waals surface area contributed by atoms with E-state index in [1.807, 2.05) is 6.92 Å².